The van der Waals surface area contributed by atoms with Crippen molar-refractivity contribution in [3.05, 3.63) is 74.8 Å². The zero-order valence-electron chi connectivity index (χ0n) is 10.7. The molecule has 6 heteroatoms. The van der Waals surface area contributed by atoms with Crippen LogP contribution in [0.2, 0.25) is 5.02 Å². The normalized spacial score (nSPS) is 10.7. The molecular weight excluding hydrogens is 294 g/mol. The number of halogens is 1. The Hall–Kier alpha value is -2.66. The maximum atomic E-state index is 11.9. The summed E-state index contributed by atoms with van der Waals surface area (Å²) in [6.07, 6.45) is 2.65. The highest BCUT2D eigenvalue weighted by molar-refractivity contribution is 6.32. The fourth-order valence-corrected chi connectivity index (χ4v) is 1.87. The van der Waals surface area contributed by atoms with Crippen molar-refractivity contribution >= 4 is 29.1 Å². The van der Waals surface area contributed by atoms with Gasteiger partial charge >= 0.3 is 0 Å². The molecule has 2 aromatic rings. The number of carbonyl (C=O) groups excluding carboxylic acids is 1. The Balaban J connectivity index is 2.27. The molecule has 0 heterocycles. The third-order valence-corrected chi connectivity index (χ3v) is 3.08. The number of phenols is 1. The average Bonchev–Trinajstić information content (AvgIpc) is 2.45. The van der Waals surface area contributed by atoms with Crippen molar-refractivity contribution in [1.29, 1.82) is 0 Å². The number of hydrogen-bond donors (Lipinski definition) is 1. The third kappa shape index (κ3) is 3.67. The van der Waals surface area contributed by atoms with E-state index in [0.717, 1.165) is 0 Å². The van der Waals surface area contributed by atoms with Crippen molar-refractivity contribution in [3.63, 3.8) is 0 Å². The Bertz CT molecular complexity index is 740. The van der Waals surface area contributed by atoms with Crippen LogP contribution in [-0.2, 0) is 0 Å². The molecule has 0 aliphatic heterocycles. The summed E-state index contributed by atoms with van der Waals surface area (Å²) in [5.74, 6) is -0.351. The van der Waals surface area contributed by atoms with Crippen molar-refractivity contribution in [2.24, 2.45) is 0 Å². The van der Waals surface area contributed by atoms with E-state index < -0.39 is 4.92 Å². The van der Waals surface area contributed by atoms with Crippen molar-refractivity contribution < 1.29 is 14.8 Å². The third-order valence-electron chi connectivity index (χ3n) is 2.74. The predicted molar refractivity (Wildman–Crippen MR) is 79.6 cm³/mol. The molecule has 0 aliphatic rings. The fraction of sp³-hybridized carbons (Fsp3) is 0. The first-order valence-electron chi connectivity index (χ1n) is 5.93. The number of benzene rings is 2. The Morgan fingerprint density at radius 1 is 1.24 bits per heavy atom. The second-order valence-electron chi connectivity index (χ2n) is 4.21. The molecule has 21 heavy (non-hydrogen) atoms. The number of nitrogens with zero attached hydrogens (tertiary/aromatic N) is 1. The minimum absolute atomic E-state index is 0.0115. The molecule has 0 saturated heterocycles. The molecule has 5 nitrogen and oxygen atoms in total. The second kappa shape index (κ2) is 6.19. The van der Waals surface area contributed by atoms with Crippen LogP contribution in [0, 0.1) is 10.1 Å². The number of nitro groups is 1. The topological polar surface area (TPSA) is 80.4 Å². The molecule has 1 N–H and O–H groups in total. The van der Waals surface area contributed by atoms with Crippen LogP contribution in [0.4, 0.5) is 5.69 Å². The van der Waals surface area contributed by atoms with Crippen LogP contribution < -0.4 is 0 Å². The molecule has 0 spiro atoms. The van der Waals surface area contributed by atoms with Gasteiger partial charge in [0.1, 0.15) is 5.75 Å². The molecule has 0 saturated carbocycles. The van der Waals surface area contributed by atoms with Crippen molar-refractivity contribution in [2.45, 2.75) is 0 Å². The molecule has 2 rings (SSSR count). The molecule has 106 valence electrons. The number of nitro benzene ring substituents is 1. The van der Waals surface area contributed by atoms with Crippen LogP contribution in [0.25, 0.3) is 6.08 Å². The van der Waals surface area contributed by atoms with E-state index in [9.17, 15) is 20.0 Å². The van der Waals surface area contributed by atoms with Gasteiger partial charge in [0.15, 0.2) is 5.78 Å². The molecule has 0 aliphatic carbocycles. The van der Waals surface area contributed by atoms with Crippen LogP contribution in [0.5, 0.6) is 5.75 Å². The van der Waals surface area contributed by atoms with Crippen LogP contribution in [-0.4, -0.2) is 15.8 Å². The zero-order chi connectivity index (χ0) is 15.4. The lowest BCUT2D eigenvalue weighted by Gasteiger charge is -1.99. The largest absolute Gasteiger partial charge is 0.508 e. The molecule has 0 atom stereocenters. The quantitative estimate of drug-likeness (QED) is 0.402. The number of allylic oxidation sites excluding steroid dienone is 1. The highest BCUT2D eigenvalue weighted by Gasteiger charge is 2.08. The van der Waals surface area contributed by atoms with Crippen LogP contribution >= 0.6 is 11.6 Å². The first kappa shape index (κ1) is 14.7. The molecule has 0 unspecified atom stereocenters. The smallest absolute Gasteiger partial charge is 0.270 e. The van der Waals surface area contributed by atoms with Gasteiger partial charge in [0.25, 0.3) is 5.69 Å². The lowest BCUT2D eigenvalue weighted by molar-refractivity contribution is -0.384. The van der Waals surface area contributed by atoms with Gasteiger partial charge in [-0.15, -0.1) is 0 Å². The highest BCUT2D eigenvalue weighted by Crippen LogP contribution is 2.23. The Morgan fingerprint density at radius 2 is 2.00 bits per heavy atom. The summed E-state index contributed by atoms with van der Waals surface area (Å²) in [4.78, 5) is 22.1. The van der Waals surface area contributed by atoms with Gasteiger partial charge in [-0.05, 0) is 35.9 Å². The van der Waals surface area contributed by atoms with Gasteiger partial charge < -0.3 is 5.11 Å². The van der Waals surface area contributed by atoms with Gasteiger partial charge in [0, 0.05) is 22.7 Å². The summed E-state index contributed by atoms with van der Waals surface area (Å²) in [7, 11) is 0. The van der Waals surface area contributed by atoms with Crippen LogP contribution in [0.3, 0.4) is 0 Å². The highest BCUT2D eigenvalue weighted by atomic mass is 35.5. The van der Waals surface area contributed by atoms with Crippen LogP contribution in [0.15, 0.2) is 48.5 Å². The molecule has 0 amide bonds. The maximum absolute atomic E-state index is 11.9. The summed E-state index contributed by atoms with van der Waals surface area (Å²) >= 11 is 5.93. The Labute approximate surface area is 125 Å². The number of hydrogen-bond acceptors (Lipinski definition) is 4. The number of rotatable bonds is 4. The van der Waals surface area contributed by atoms with E-state index in [0.29, 0.717) is 16.1 Å². The van der Waals surface area contributed by atoms with Crippen molar-refractivity contribution in [3.8, 4) is 5.75 Å². The second-order valence-corrected chi connectivity index (χ2v) is 4.62. The SMILES string of the molecule is O=C(/C=C/c1cc([N+](=O)[O-])ccc1Cl)c1cccc(O)c1. The van der Waals surface area contributed by atoms with Gasteiger partial charge in [0.2, 0.25) is 0 Å². The monoisotopic (exact) mass is 303 g/mol. The van der Waals surface area contributed by atoms with Gasteiger partial charge in [-0.2, -0.15) is 0 Å². The average molecular weight is 304 g/mol. The lowest BCUT2D eigenvalue weighted by atomic mass is 10.1. The van der Waals surface area contributed by atoms with E-state index in [1.807, 2.05) is 0 Å². The van der Waals surface area contributed by atoms with E-state index in [-0.39, 0.29) is 17.2 Å². The summed E-state index contributed by atoms with van der Waals surface area (Å²) in [6, 6.07) is 9.88. The summed E-state index contributed by atoms with van der Waals surface area (Å²) in [6.45, 7) is 0. The standard InChI is InChI=1S/C15H10ClNO4/c16-14-6-5-12(17(20)21)8-10(14)4-7-15(19)11-2-1-3-13(18)9-11/h1-9,18H/b7-4+. The van der Waals surface area contributed by atoms with E-state index in [4.69, 9.17) is 11.6 Å². The Morgan fingerprint density at radius 3 is 2.67 bits per heavy atom. The van der Waals surface area contributed by atoms with Gasteiger partial charge in [-0.1, -0.05) is 23.7 Å². The number of carbonyl (C=O) groups is 1. The Kier molecular flexibility index (Phi) is 4.35. The number of phenolic OH excluding ortho intramolecular Hbond substituents is 1. The first-order chi connectivity index (χ1) is 9.97. The minimum Gasteiger partial charge on any atom is -0.508 e. The van der Waals surface area contributed by atoms with E-state index in [2.05, 4.69) is 0 Å². The number of non-ortho nitro benzene ring substituents is 1. The molecule has 0 bridgehead atoms. The van der Waals surface area contributed by atoms with E-state index in [1.165, 1.54) is 42.5 Å². The molecule has 0 aromatic heterocycles. The number of aromatic hydroxyl groups is 1. The minimum atomic E-state index is -0.537. The summed E-state index contributed by atoms with van der Waals surface area (Å²) in [5, 5.41) is 20.3. The van der Waals surface area contributed by atoms with Gasteiger partial charge in [-0.25, -0.2) is 0 Å². The summed E-state index contributed by atoms with van der Waals surface area (Å²) in [5.41, 5.74) is 0.580. The predicted octanol–water partition coefficient (Wildman–Crippen LogP) is 3.85. The molecule has 2 aromatic carbocycles. The first-order valence-corrected chi connectivity index (χ1v) is 6.30. The van der Waals surface area contributed by atoms with E-state index >= 15 is 0 Å². The van der Waals surface area contributed by atoms with Gasteiger partial charge in [-0.3, -0.25) is 14.9 Å². The van der Waals surface area contributed by atoms with E-state index in [1.54, 1.807) is 12.1 Å². The zero-order valence-corrected chi connectivity index (χ0v) is 11.4. The summed E-state index contributed by atoms with van der Waals surface area (Å²) < 4.78 is 0. The van der Waals surface area contributed by atoms with Crippen molar-refractivity contribution in [2.75, 3.05) is 0 Å². The fourth-order valence-electron chi connectivity index (χ4n) is 1.69. The molecule has 0 fully saturated rings. The molecule has 0 radical (unpaired) electrons. The number of ketones is 1. The maximum Gasteiger partial charge on any atom is 0.270 e. The van der Waals surface area contributed by atoms with Crippen LogP contribution in [0.1, 0.15) is 15.9 Å². The lowest BCUT2D eigenvalue weighted by Crippen LogP contribution is -1.93. The molecular formula is C15H10ClNO4. The van der Waals surface area contributed by atoms with Crippen molar-refractivity contribution in [1.82, 2.24) is 0 Å². The van der Waals surface area contributed by atoms with Gasteiger partial charge in [0.05, 0.1) is 4.92 Å².